The summed E-state index contributed by atoms with van der Waals surface area (Å²) in [7, 11) is 0. The van der Waals surface area contributed by atoms with Gasteiger partial charge in [0.2, 0.25) is 0 Å². The fraction of sp³-hybridized carbons (Fsp3) is 0.333. The Kier molecular flexibility index (Phi) is 4.61. The van der Waals surface area contributed by atoms with Gasteiger partial charge in [-0.25, -0.2) is 4.39 Å². The third-order valence-corrected chi connectivity index (χ3v) is 4.63. The molecule has 0 spiro atoms. The lowest BCUT2D eigenvalue weighted by Crippen LogP contribution is -2.35. The van der Waals surface area contributed by atoms with Gasteiger partial charge >= 0.3 is 0 Å². The molecule has 0 N–H and O–H groups in total. The minimum absolute atomic E-state index is 0.226. The molecule has 2 nitrogen and oxygen atoms in total. The van der Waals surface area contributed by atoms with Gasteiger partial charge in [-0.3, -0.25) is 0 Å². The Morgan fingerprint density at radius 3 is 2.33 bits per heavy atom. The van der Waals surface area contributed by atoms with Crippen molar-refractivity contribution >= 4 is 5.57 Å². The molecular weight excluding hydrogens is 303 g/mol. The average molecular weight is 326 g/mol. The quantitative estimate of drug-likeness (QED) is 0.711. The first-order valence-corrected chi connectivity index (χ1v) is 8.56. The largest absolute Gasteiger partial charge is 0.494 e. The zero-order valence-electron chi connectivity index (χ0n) is 14.4. The average Bonchev–Trinajstić information content (AvgIpc) is 2.61. The van der Waals surface area contributed by atoms with Crippen molar-refractivity contribution in [2.45, 2.75) is 39.2 Å². The monoisotopic (exact) mass is 326 g/mol. The Labute approximate surface area is 142 Å². The van der Waals surface area contributed by atoms with Crippen LogP contribution >= 0.6 is 0 Å². The van der Waals surface area contributed by atoms with Crippen LogP contribution in [-0.2, 0) is 0 Å². The lowest BCUT2D eigenvalue weighted by Gasteiger charge is -2.36. The summed E-state index contributed by atoms with van der Waals surface area (Å²) in [5, 5.41) is 0. The first-order valence-electron chi connectivity index (χ1n) is 8.56. The van der Waals surface area contributed by atoms with Gasteiger partial charge in [0, 0.05) is 11.6 Å². The highest BCUT2D eigenvalue weighted by molar-refractivity contribution is 5.85. The lowest BCUT2D eigenvalue weighted by atomic mass is 9.85. The molecule has 0 radical (unpaired) electrons. The molecular formula is C21H23FO2. The van der Waals surface area contributed by atoms with Crippen LogP contribution in [0.3, 0.4) is 0 Å². The Morgan fingerprint density at radius 1 is 1.00 bits per heavy atom. The van der Waals surface area contributed by atoms with Gasteiger partial charge in [0.05, 0.1) is 6.61 Å². The number of rotatable bonds is 5. The van der Waals surface area contributed by atoms with Crippen molar-refractivity contribution in [2.24, 2.45) is 0 Å². The molecule has 0 aromatic heterocycles. The third-order valence-electron chi connectivity index (χ3n) is 4.63. The van der Waals surface area contributed by atoms with E-state index in [1.54, 1.807) is 0 Å². The highest BCUT2D eigenvalue weighted by Gasteiger charge is 2.33. The molecule has 0 saturated carbocycles. The molecule has 0 aliphatic carbocycles. The van der Waals surface area contributed by atoms with Gasteiger partial charge in [0.25, 0.3) is 0 Å². The van der Waals surface area contributed by atoms with Crippen LogP contribution in [0.4, 0.5) is 4.39 Å². The molecule has 0 saturated heterocycles. The normalized spacial score (nSPS) is 15.2. The Hall–Kier alpha value is -2.29. The van der Waals surface area contributed by atoms with Gasteiger partial charge in [-0.1, -0.05) is 26.0 Å². The molecule has 2 aromatic rings. The summed E-state index contributed by atoms with van der Waals surface area (Å²) in [4.78, 5) is 0. The summed E-state index contributed by atoms with van der Waals surface area (Å²) in [6.45, 7) is 6.83. The minimum atomic E-state index is -0.346. The van der Waals surface area contributed by atoms with Crippen LogP contribution in [0, 0.1) is 5.82 Å². The maximum Gasteiger partial charge on any atom is 0.132 e. The van der Waals surface area contributed by atoms with Crippen LogP contribution in [0.15, 0.2) is 48.5 Å². The van der Waals surface area contributed by atoms with E-state index >= 15 is 0 Å². The van der Waals surface area contributed by atoms with E-state index in [0.717, 1.165) is 41.0 Å². The van der Waals surface area contributed by atoms with Crippen LogP contribution in [0.5, 0.6) is 11.5 Å². The van der Waals surface area contributed by atoms with Crippen molar-refractivity contribution in [2.75, 3.05) is 6.61 Å². The smallest absolute Gasteiger partial charge is 0.132 e. The fourth-order valence-corrected chi connectivity index (χ4v) is 3.12. The van der Waals surface area contributed by atoms with E-state index in [1.807, 2.05) is 37.3 Å². The van der Waals surface area contributed by atoms with Crippen LogP contribution in [0.2, 0.25) is 0 Å². The third kappa shape index (κ3) is 3.03. The zero-order valence-corrected chi connectivity index (χ0v) is 14.4. The number of benzene rings is 2. The van der Waals surface area contributed by atoms with Crippen molar-refractivity contribution in [1.29, 1.82) is 0 Å². The molecule has 1 heterocycles. The molecule has 126 valence electrons. The first kappa shape index (κ1) is 16.6. The molecule has 1 aliphatic rings. The van der Waals surface area contributed by atoms with E-state index in [0.29, 0.717) is 6.61 Å². The highest BCUT2D eigenvalue weighted by atomic mass is 19.1. The molecule has 1 aliphatic heterocycles. The number of hydrogen-bond acceptors (Lipinski definition) is 2. The maximum atomic E-state index is 13.3. The molecule has 0 amide bonds. The van der Waals surface area contributed by atoms with E-state index in [2.05, 4.69) is 19.9 Å². The standard InChI is InChI=1S/C21H23FO2/c1-4-21(5-2)14-19(15-7-9-16(22)10-8-15)18-12-11-17(23-6-3)13-20(18)24-21/h7-14H,4-6H2,1-3H3. The van der Waals surface area contributed by atoms with Crippen molar-refractivity contribution in [3.05, 3.63) is 65.5 Å². The molecule has 2 aromatic carbocycles. The van der Waals surface area contributed by atoms with Gasteiger partial charge in [0.15, 0.2) is 0 Å². The molecule has 0 atom stereocenters. The van der Waals surface area contributed by atoms with Crippen molar-refractivity contribution in [3.8, 4) is 11.5 Å². The summed E-state index contributed by atoms with van der Waals surface area (Å²) in [5.41, 5.74) is 2.75. The summed E-state index contributed by atoms with van der Waals surface area (Å²) in [6, 6.07) is 12.6. The highest BCUT2D eigenvalue weighted by Crippen LogP contribution is 2.43. The van der Waals surface area contributed by atoms with Crippen LogP contribution in [0.1, 0.15) is 44.7 Å². The second-order valence-corrected chi connectivity index (χ2v) is 6.03. The van der Waals surface area contributed by atoms with Gasteiger partial charge in [-0.05, 0) is 61.2 Å². The topological polar surface area (TPSA) is 18.5 Å². The van der Waals surface area contributed by atoms with Crippen LogP contribution < -0.4 is 9.47 Å². The van der Waals surface area contributed by atoms with Crippen molar-refractivity contribution < 1.29 is 13.9 Å². The van der Waals surface area contributed by atoms with Gasteiger partial charge < -0.3 is 9.47 Å². The summed E-state index contributed by atoms with van der Waals surface area (Å²) in [5.74, 6) is 1.40. The predicted octanol–water partition coefficient (Wildman–Crippen LogP) is 5.61. The fourth-order valence-electron chi connectivity index (χ4n) is 3.12. The summed E-state index contributed by atoms with van der Waals surface area (Å²) < 4.78 is 25.3. The second kappa shape index (κ2) is 6.68. The van der Waals surface area contributed by atoms with E-state index < -0.39 is 0 Å². The van der Waals surface area contributed by atoms with Crippen LogP contribution in [0.25, 0.3) is 5.57 Å². The SMILES string of the molecule is CCOc1ccc2c(c1)OC(CC)(CC)C=C2c1ccc(F)cc1. The van der Waals surface area contributed by atoms with Crippen molar-refractivity contribution in [3.63, 3.8) is 0 Å². The van der Waals surface area contributed by atoms with Gasteiger partial charge in [-0.15, -0.1) is 0 Å². The summed E-state index contributed by atoms with van der Waals surface area (Å²) >= 11 is 0. The molecule has 24 heavy (non-hydrogen) atoms. The molecule has 0 bridgehead atoms. The molecule has 3 rings (SSSR count). The van der Waals surface area contributed by atoms with Crippen LogP contribution in [-0.4, -0.2) is 12.2 Å². The van der Waals surface area contributed by atoms with Gasteiger partial charge in [0.1, 0.15) is 22.9 Å². The van der Waals surface area contributed by atoms with E-state index in [1.165, 1.54) is 12.1 Å². The molecule has 0 fully saturated rings. The van der Waals surface area contributed by atoms with Gasteiger partial charge in [-0.2, -0.15) is 0 Å². The van der Waals surface area contributed by atoms with E-state index in [4.69, 9.17) is 9.47 Å². The molecule has 3 heteroatoms. The summed E-state index contributed by atoms with van der Waals surface area (Å²) in [6.07, 6.45) is 3.92. The van der Waals surface area contributed by atoms with E-state index in [-0.39, 0.29) is 11.4 Å². The number of hydrogen-bond donors (Lipinski definition) is 0. The lowest BCUT2D eigenvalue weighted by molar-refractivity contribution is 0.107. The first-order chi connectivity index (χ1) is 11.6. The second-order valence-electron chi connectivity index (χ2n) is 6.03. The minimum Gasteiger partial charge on any atom is -0.494 e. The number of ether oxygens (including phenoxy) is 2. The Balaban J connectivity index is 2.14. The number of fused-ring (bicyclic) bond motifs is 1. The van der Waals surface area contributed by atoms with Crippen molar-refractivity contribution in [1.82, 2.24) is 0 Å². The zero-order chi connectivity index (χ0) is 17.2. The Bertz CT molecular complexity index is 743. The number of halogens is 1. The predicted molar refractivity (Wildman–Crippen MR) is 95.0 cm³/mol. The Morgan fingerprint density at radius 2 is 1.71 bits per heavy atom. The molecule has 0 unspecified atom stereocenters. The van der Waals surface area contributed by atoms with E-state index in [9.17, 15) is 4.39 Å². The maximum absolute atomic E-state index is 13.3.